The highest BCUT2D eigenvalue weighted by Gasteiger charge is 2.37. The van der Waals surface area contributed by atoms with Gasteiger partial charge in [0.15, 0.2) is 17.6 Å². The largest absolute Gasteiger partial charge is 0.494 e. The molecule has 3 aromatic carbocycles. The lowest BCUT2D eigenvalue weighted by atomic mass is 9.89. The maximum absolute atomic E-state index is 12.4. The average molecular weight is 542 g/mol. The Balaban J connectivity index is 1.16. The van der Waals surface area contributed by atoms with Gasteiger partial charge in [-0.05, 0) is 71.7 Å². The van der Waals surface area contributed by atoms with E-state index in [4.69, 9.17) is 14.2 Å². The van der Waals surface area contributed by atoms with Crippen LogP contribution in [0.2, 0.25) is 0 Å². The highest BCUT2D eigenvalue weighted by atomic mass is 16.6. The van der Waals surface area contributed by atoms with E-state index in [1.807, 2.05) is 36.4 Å². The summed E-state index contributed by atoms with van der Waals surface area (Å²) >= 11 is 0. The molecule has 40 heavy (non-hydrogen) atoms. The third-order valence-electron chi connectivity index (χ3n) is 8.87. The summed E-state index contributed by atoms with van der Waals surface area (Å²) in [5.41, 5.74) is 4.31. The number of hydrogen-bond donors (Lipinski definition) is 1. The van der Waals surface area contributed by atoms with Gasteiger partial charge in [0.1, 0.15) is 18.4 Å². The molecule has 3 aliphatic rings. The fraction of sp³-hybridized carbons (Fsp3) is 0.441. The van der Waals surface area contributed by atoms with Gasteiger partial charge in [-0.25, -0.2) is 0 Å². The van der Waals surface area contributed by atoms with E-state index in [0.29, 0.717) is 31.1 Å². The molecule has 0 aromatic heterocycles. The van der Waals surface area contributed by atoms with Gasteiger partial charge in [0, 0.05) is 12.6 Å². The minimum Gasteiger partial charge on any atom is -0.494 e. The van der Waals surface area contributed by atoms with Crippen LogP contribution in [-0.2, 0) is 17.8 Å². The predicted octanol–water partition coefficient (Wildman–Crippen LogP) is 7.12. The second-order valence-electron chi connectivity index (χ2n) is 11.4. The fourth-order valence-corrected chi connectivity index (χ4v) is 6.65. The van der Waals surface area contributed by atoms with E-state index in [1.54, 1.807) is 0 Å². The van der Waals surface area contributed by atoms with Gasteiger partial charge in [0.05, 0.1) is 6.61 Å². The first kappa shape index (κ1) is 26.7. The molecule has 3 aromatic rings. The van der Waals surface area contributed by atoms with E-state index in [2.05, 4.69) is 42.2 Å². The quantitative estimate of drug-likeness (QED) is 0.311. The van der Waals surface area contributed by atoms with E-state index in [0.717, 1.165) is 53.4 Å². The molecule has 0 unspecified atom stereocenters. The van der Waals surface area contributed by atoms with Gasteiger partial charge in [-0.1, -0.05) is 75.1 Å². The monoisotopic (exact) mass is 541 g/mol. The third kappa shape index (κ3) is 5.68. The Morgan fingerprint density at radius 1 is 1.02 bits per heavy atom. The topological polar surface area (TPSA) is 68.2 Å². The Bertz CT molecular complexity index is 1300. The van der Waals surface area contributed by atoms with Crippen LogP contribution in [0.25, 0.3) is 0 Å². The molecule has 1 saturated carbocycles. The maximum atomic E-state index is 12.4. The molecule has 210 valence electrons. The first-order valence-electron chi connectivity index (χ1n) is 14.8. The maximum Gasteiger partial charge on any atom is 0.321 e. The van der Waals surface area contributed by atoms with Crippen LogP contribution in [0, 0.1) is 5.92 Å². The molecule has 6 heteroatoms. The molecule has 6 rings (SSSR count). The lowest BCUT2D eigenvalue weighted by Crippen LogP contribution is -2.47. The fourth-order valence-electron chi connectivity index (χ4n) is 6.65. The van der Waals surface area contributed by atoms with Crippen LogP contribution in [0.1, 0.15) is 79.8 Å². The third-order valence-corrected chi connectivity index (χ3v) is 8.87. The molecule has 2 aliphatic heterocycles. The van der Waals surface area contributed by atoms with Gasteiger partial charge in [-0.3, -0.25) is 9.69 Å². The number of carbonyl (C=O) groups is 1. The Kier molecular flexibility index (Phi) is 7.96. The number of benzene rings is 3. The van der Waals surface area contributed by atoms with Crippen LogP contribution < -0.4 is 14.2 Å². The van der Waals surface area contributed by atoms with Crippen LogP contribution in [0.4, 0.5) is 0 Å². The molecule has 0 radical (unpaired) electrons. The first-order chi connectivity index (χ1) is 19.6. The van der Waals surface area contributed by atoms with Crippen molar-refractivity contribution in [3.05, 3.63) is 89.0 Å². The van der Waals surface area contributed by atoms with Crippen LogP contribution in [0.3, 0.4) is 0 Å². The van der Waals surface area contributed by atoms with E-state index < -0.39 is 12.0 Å². The van der Waals surface area contributed by atoms with Gasteiger partial charge in [-0.2, -0.15) is 0 Å². The van der Waals surface area contributed by atoms with Crippen LogP contribution >= 0.6 is 0 Å². The van der Waals surface area contributed by atoms with E-state index in [-0.39, 0.29) is 12.1 Å². The average Bonchev–Trinajstić information content (AvgIpc) is 3.50. The van der Waals surface area contributed by atoms with Gasteiger partial charge in [-0.15, -0.1) is 0 Å². The summed E-state index contributed by atoms with van der Waals surface area (Å²) < 4.78 is 18.6. The van der Waals surface area contributed by atoms with E-state index in [1.165, 1.54) is 25.7 Å². The molecular formula is C34H39NO5. The molecule has 1 aliphatic carbocycles. The number of ether oxygens (including phenoxy) is 3. The SMILES string of the molecule is CC[C@@H](c1ccccc1)N1Cc2cc3c(cc2C[C@H]1C(=O)O)OC[C@H](c1ccc(OCCC2CCCC2)cc1)O3. The van der Waals surface area contributed by atoms with Crippen molar-refractivity contribution in [1.29, 1.82) is 0 Å². The van der Waals surface area contributed by atoms with E-state index >= 15 is 0 Å². The molecule has 3 atom stereocenters. The van der Waals surface area contributed by atoms with Crippen molar-refractivity contribution in [2.75, 3.05) is 13.2 Å². The number of aliphatic carboxylic acids is 1. The van der Waals surface area contributed by atoms with Crippen LogP contribution in [0.5, 0.6) is 17.2 Å². The number of nitrogens with zero attached hydrogens (tertiary/aromatic N) is 1. The molecule has 0 spiro atoms. The molecule has 0 amide bonds. The Morgan fingerprint density at radius 3 is 2.50 bits per heavy atom. The van der Waals surface area contributed by atoms with Crippen molar-refractivity contribution in [2.45, 2.75) is 76.6 Å². The highest BCUT2D eigenvalue weighted by Crippen LogP contribution is 2.42. The van der Waals surface area contributed by atoms with Crippen molar-refractivity contribution in [3.8, 4) is 17.2 Å². The minimum atomic E-state index is -0.791. The zero-order valence-electron chi connectivity index (χ0n) is 23.3. The summed E-state index contributed by atoms with van der Waals surface area (Å²) in [7, 11) is 0. The van der Waals surface area contributed by atoms with Crippen LogP contribution in [-0.4, -0.2) is 35.2 Å². The van der Waals surface area contributed by atoms with Gasteiger partial charge < -0.3 is 19.3 Å². The summed E-state index contributed by atoms with van der Waals surface area (Å²) in [6.07, 6.45) is 7.61. The lowest BCUT2D eigenvalue weighted by molar-refractivity contribution is -0.145. The van der Waals surface area contributed by atoms with Crippen LogP contribution in [0.15, 0.2) is 66.7 Å². The number of carboxylic acid groups (broad SMARTS) is 1. The van der Waals surface area contributed by atoms with Crippen molar-refractivity contribution < 1.29 is 24.1 Å². The van der Waals surface area contributed by atoms with Gasteiger partial charge in [0.25, 0.3) is 0 Å². The summed E-state index contributed by atoms with van der Waals surface area (Å²) in [4.78, 5) is 14.5. The van der Waals surface area contributed by atoms with Crippen molar-refractivity contribution in [1.82, 2.24) is 4.90 Å². The Labute approximate surface area is 236 Å². The lowest BCUT2D eigenvalue weighted by Gasteiger charge is -2.40. The molecule has 1 N–H and O–H groups in total. The van der Waals surface area contributed by atoms with Gasteiger partial charge in [0.2, 0.25) is 0 Å². The standard InChI is InChI=1S/C34H39NO5/c1-2-29(24-10-4-3-5-11-24)35-21-27-20-32-31(19-26(27)18-30(35)34(36)37)39-22-33(40-32)25-12-14-28(15-13-25)38-17-16-23-8-6-7-9-23/h3-5,10-15,19-20,23,29-30,33H,2,6-9,16-18,21-22H2,1H3,(H,36,37)/t29-,30-,33+/m0/s1. The molecule has 2 heterocycles. The normalized spacial score (nSPS) is 21.5. The molecule has 1 fully saturated rings. The minimum absolute atomic E-state index is 0.0234. The smallest absolute Gasteiger partial charge is 0.321 e. The predicted molar refractivity (Wildman–Crippen MR) is 154 cm³/mol. The number of hydrogen-bond acceptors (Lipinski definition) is 5. The van der Waals surface area contributed by atoms with Gasteiger partial charge >= 0.3 is 5.97 Å². The first-order valence-corrected chi connectivity index (χ1v) is 14.8. The van der Waals surface area contributed by atoms with Crippen molar-refractivity contribution in [3.63, 3.8) is 0 Å². The summed E-state index contributed by atoms with van der Waals surface area (Å²) in [5, 5.41) is 10.1. The summed E-state index contributed by atoms with van der Waals surface area (Å²) in [5.74, 6) is 2.33. The highest BCUT2D eigenvalue weighted by molar-refractivity contribution is 5.75. The molecule has 0 bridgehead atoms. The number of rotatable bonds is 9. The summed E-state index contributed by atoms with van der Waals surface area (Å²) in [6.45, 7) is 3.85. The summed E-state index contributed by atoms with van der Waals surface area (Å²) in [6, 6.07) is 21.8. The zero-order chi connectivity index (χ0) is 27.5. The van der Waals surface area contributed by atoms with Crippen molar-refractivity contribution >= 4 is 5.97 Å². The zero-order valence-corrected chi connectivity index (χ0v) is 23.3. The second-order valence-corrected chi connectivity index (χ2v) is 11.4. The molecular weight excluding hydrogens is 502 g/mol. The Hall–Kier alpha value is -3.51. The number of carboxylic acids is 1. The number of fused-ring (bicyclic) bond motifs is 2. The second kappa shape index (κ2) is 11.9. The molecule has 6 nitrogen and oxygen atoms in total. The molecule has 0 saturated heterocycles. The van der Waals surface area contributed by atoms with E-state index in [9.17, 15) is 9.90 Å². The van der Waals surface area contributed by atoms with Crippen molar-refractivity contribution in [2.24, 2.45) is 5.92 Å². The Morgan fingerprint density at radius 2 is 1.77 bits per heavy atom.